The van der Waals surface area contributed by atoms with Gasteiger partial charge in [-0.2, -0.15) is 13.2 Å². The molecule has 0 atom stereocenters. The number of para-hydroxylation sites is 1. The number of carbonyl (C=O) groups excluding carboxylic acids is 2. The highest BCUT2D eigenvalue weighted by atomic mass is 19.4. The largest absolute Gasteiger partial charge is 0.416 e. The van der Waals surface area contributed by atoms with Gasteiger partial charge in [0.25, 0.3) is 5.91 Å². The Bertz CT molecular complexity index is 822. The summed E-state index contributed by atoms with van der Waals surface area (Å²) in [6, 6.07) is 10.6. The second kappa shape index (κ2) is 9.89. The number of rotatable bonds is 8. The van der Waals surface area contributed by atoms with E-state index in [1.54, 1.807) is 18.2 Å². The fourth-order valence-corrected chi connectivity index (χ4v) is 2.45. The van der Waals surface area contributed by atoms with Crippen LogP contribution in [-0.2, 0) is 15.7 Å². The molecule has 0 aliphatic carbocycles. The lowest BCUT2D eigenvalue weighted by atomic mass is 10.1. The number of halogens is 3. The SMILES string of the molecule is CCOCCCC(=O)Nc1ccccc1C(=O)Nc1cccc(C(F)(F)F)c1. The van der Waals surface area contributed by atoms with Gasteiger partial charge in [-0.05, 0) is 43.7 Å². The molecule has 2 rings (SSSR count). The second-order valence-electron chi connectivity index (χ2n) is 5.93. The van der Waals surface area contributed by atoms with E-state index in [1.165, 1.54) is 18.2 Å². The molecule has 2 aromatic rings. The Morgan fingerprint density at radius 3 is 2.50 bits per heavy atom. The summed E-state index contributed by atoms with van der Waals surface area (Å²) in [6.45, 7) is 2.89. The molecule has 28 heavy (non-hydrogen) atoms. The Labute approximate surface area is 160 Å². The van der Waals surface area contributed by atoms with Gasteiger partial charge in [0, 0.05) is 25.3 Å². The second-order valence-corrected chi connectivity index (χ2v) is 5.93. The summed E-state index contributed by atoms with van der Waals surface area (Å²) in [5.41, 5.74) is -0.412. The van der Waals surface area contributed by atoms with Crippen molar-refractivity contribution in [3.05, 3.63) is 59.7 Å². The lowest BCUT2D eigenvalue weighted by Gasteiger charge is -2.13. The molecule has 2 aromatic carbocycles. The van der Waals surface area contributed by atoms with Gasteiger partial charge < -0.3 is 15.4 Å². The fraction of sp³-hybridized carbons (Fsp3) is 0.300. The van der Waals surface area contributed by atoms with E-state index in [9.17, 15) is 22.8 Å². The number of hydrogen-bond acceptors (Lipinski definition) is 3. The molecule has 0 fully saturated rings. The number of benzene rings is 2. The molecular weight excluding hydrogens is 373 g/mol. The number of anilines is 2. The lowest BCUT2D eigenvalue weighted by molar-refractivity contribution is -0.137. The summed E-state index contributed by atoms with van der Waals surface area (Å²) in [5, 5.41) is 5.09. The van der Waals surface area contributed by atoms with Gasteiger partial charge in [0.15, 0.2) is 0 Å². The van der Waals surface area contributed by atoms with Crippen LogP contribution in [0.1, 0.15) is 35.7 Å². The standard InChI is InChI=1S/C20H21F3N2O3/c1-2-28-12-6-11-18(26)25-17-10-4-3-9-16(17)19(27)24-15-8-5-7-14(13-15)20(21,22)23/h3-5,7-10,13H,2,6,11-12H2,1H3,(H,24,27)(H,25,26). The van der Waals surface area contributed by atoms with E-state index in [1.807, 2.05) is 6.92 Å². The van der Waals surface area contributed by atoms with Crippen molar-refractivity contribution in [2.75, 3.05) is 23.8 Å². The predicted molar refractivity (Wildman–Crippen MR) is 100 cm³/mol. The number of amides is 2. The minimum absolute atomic E-state index is 0.0117. The van der Waals surface area contributed by atoms with Crippen molar-refractivity contribution in [3.63, 3.8) is 0 Å². The molecule has 8 heteroatoms. The van der Waals surface area contributed by atoms with E-state index in [-0.39, 0.29) is 29.3 Å². The highest BCUT2D eigenvalue weighted by molar-refractivity contribution is 6.10. The van der Waals surface area contributed by atoms with E-state index in [0.29, 0.717) is 19.6 Å². The van der Waals surface area contributed by atoms with Crippen molar-refractivity contribution in [3.8, 4) is 0 Å². The monoisotopic (exact) mass is 394 g/mol. The molecule has 0 bridgehead atoms. The van der Waals surface area contributed by atoms with E-state index in [2.05, 4.69) is 10.6 Å². The Hall–Kier alpha value is -2.87. The fourth-order valence-electron chi connectivity index (χ4n) is 2.45. The summed E-state index contributed by atoms with van der Waals surface area (Å²) < 4.78 is 43.6. The maximum atomic E-state index is 12.8. The van der Waals surface area contributed by atoms with Crippen LogP contribution in [0, 0.1) is 0 Å². The third-order valence-corrected chi connectivity index (χ3v) is 3.79. The van der Waals surface area contributed by atoms with Crippen molar-refractivity contribution >= 4 is 23.2 Å². The average Bonchev–Trinajstić information content (AvgIpc) is 2.65. The lowest BCUT2D eigenvalue weighted by Crippen LogP contribution is -2.18. The van der Waals surface area contributed by atoms with Gasteiger partial charge in [0.2, 0.25) is 5.91 Å². The van der Waals surface area contributed by atoms with Crippen molar-refractivity contribution in [2.45, 2.75) is 25.9 Å². The molecule has 5 nitrogen and oxygen atoms in total. The molecule has 0 unspecified atom stereocenters. The first-order valence-corrected chi connectivity index (χ1v) is 8.76. The molecule has 0 spiro atoms. The molecule has 0 saturated carbocycles. The van der Waals surface area contributed by atoms with Crippen molar-refractivity contribution < 1.29 is 27.5 Å². The van der Waals surface area contributed by atoms with Gasteiger partial charge in [-0.3, -0.25) is 9.59 Å². The molecule has 2 N–H and O–H groups in total. The third-order valence-electron chi connectivity index (χ3n) is 3.79. The van der Waals surface area contributed by atoms with E-state index in [0.717, 1.165) is 12.1 Å². The first kappa shape index (κ1) is 21.4. The van der Waals surface area contributed by atoms with E-state index in [4.69, 9.17) is 4.74 Å². The van der Waals surface area contributed by atoms with Gasteiger partial charge in [-0.25, -0.2) is 0 Å². The van der Waals surface area contributed by atoms with Crippen LogP contribution in [0.4, 0.5) is 24.5 Å². The molecule has 2 amide bonds. The Kier molecular flexibility index (Phi) is 7.57. The van der Waals surface area contributed by atoms with Gasteiger partial charge in [-0.15, -0.1) is 0 Å². The summed E-state index contributed by atoms with van der Waals surface area (Å²) in [5.74, 6) is -0.899. The number of nitrogens with one attached hydrogen (secondary N) is 2. The van der Waals surface area contributed by atoms with Crippen molar-refractivity contribution in [2.24, 2.45) is 0 Å². The van der Waals surface area contributed by atoms with Gasteiger partial charge in [0.05, 0.1) is 16.8 Å². The Morgan fingerprint density at radius 1 is 1.04 bits per heavy atom. The van der Waals surface area contributed by atoms with Crippen LogP contribution in [0.25, 0.3) is 0 Å². The Balaban J connectivity index is 2.07. The normalized spacial score (nSPS) is 11.1. The first-order chi connectivity index (χ1) is 13.3. The highest BCUT2D eigenvalue weighted by Crippen LogP contribution is 2.31. The van der Waals surface area contributed by atoms with Crippen LogP contribution in [-0.4, -0.2) is 25.0 Å². The zero-order valence-corrected chi connectivity index (χ0v) is 15.3. The summed E-state index contributed by atoms with van der Waals surface area (Å²) in [7, 11) is 0. The van der Waals surface area contributed by atoms with Crippen LogP contribution < -0.4 is 10.6 Å². The van der Waals surface area contributed by atoms with Crippen molar-refractivity contribution in [1.29, 1.82) is 0 Å². The molecule has 0 aliphatic rings. The summed E-state index contributed by atoms with van der Waals surface area (Å²) >= 11 is 0. The van der Waals surface area contributed by atoms with Gasteiger partial charge in [0.1, 0.15) is 0 Å². The van der Waals surface area contributed by atoms with Crippen LogP contribution in [0.5, 0.6) is 0 Å². The summed E-state index contributed by atoms with van der Waals surface area (Å²) in [4.78, 5) is 24.6. The van der Waals surface area contributed by atoms with E-state index < -0.39 is 17.6 Å². The molecule has 0 radical (unpaired) electrons. The number of carbonyl (C=O) groups is 2. The predicted octanol–water partition coefficient (Wildman–Crippen LogP) is 4.71. The number of ether oxygens (including phenoxy) is 1. The van der Waals surface area contributed by atoms with Gasteiger partial charge >= 0.3 is 6.18 Å². The molecule has 0 saturated heterocycles. The first-order valence-electron chi connectivity index (χ1n) is 8.76. The minimum Gasteiger partial charge on any atom is -0.382 e. The average molecular weight is 394 g/mol. The third kappa shape index (κ3) is 6.38. The van der Waals surface area contributed by atoms with Crippen LogP contribution >= 0.6 is 0 Å². The highest BCUT2D eigenvalue weighted by Gasteiger charge is 2.30. The topological polar surface area (TPSA) is 67.4 Å². The molecular formula is C20H21F3N2O3. The maximum absolute atomic E-state index is 12.8. The van der Waals surface area contributed by atoms with Crippen LogP contribution in [0.3, 0.4) is 0 Å². The van der Waals surface area contributed by atoms with Crippen LogP contribution in [0.15, 0.2) is 48.5 Å². The minimum atomic E-state index is -4.51. The zero-order valence-electron chi connectivity index (χ0n) is 15.3. The smallest absolute Gasteiger partial charge is 0.382 e. The number of alkyl halides is 3. The quantitative estimate of drug-likeness (QED) is 0.637. The van der Waals surface area contributed by atoms with Gasteiger partial charge in [-0.1, -0.05) is 18.2 Å². The molecule has 0 aromatic heterocycles. The molecule has 0 aliphatic heterocycles. The van der Waals surface area contributed by atoms with Crippen molar-refractivity contribution in [1.82, 2.24) is 0 Å². The number of hydrogen-bond donors (Lipinski definition) is 2. The van der Waals surface area contributed by atoms with E-state index >= 15 is 0 Å². The van der Waals surface area contributed by atoms with Crippen LogP contribution in [0.2, 0.25) is 0 Å². The maximum Gasteiger partial charge on any atom is 0.416 e. The zero-order chi connectivity index (χ0) is 20.6. The molecule has 0 heterocycles. The summed E-state index contributed by atoms with van der Waals surface area (Å²) in [6.07, 6.45) is -3.74. The Morgan fingerprint density at radius 2 is 1.79 bits per heavy atom. The molecule has 150 valence electrons.